The van der Waals surface area contributed by atoms with Crippen LogP contribution in [-0.4, -0.2) is 14.9 Å². The highest BCUT2D eigenvalue weighted by Gasteiger charge is 2.29. The van der Waals surface area contributed by atoms with Crippen LogP contribution in [0.1, 0.15) is 41.4 Å². The summed E-state index contributed by atoms with van der Waals surface area (Å²) in [5.74, 6) is -0.165. The number of imidazole rings is 1. The monoisotopic (exact) mass is 561 g/mol. The van der Waals surface area contributed by atoms with Gasteiger partial charge in [-0.15, -0.1) is 0 Å². The van der Waals surface area contributed by atoms with Crippen molar-refractivity contribution in [3.8, 4) is 22.4 Å². The maximum atomic E-state index is 14.0. The predicted molar refractivity (Wildman–Crippen MR) is 158 cm³/mol. The molecule has 0 atom stereocenters. The molecule has 1 N–H and O–H groups in total. The number of carbonyl (C=O) groups is 1. The molecule has 0 aliphatic carbocycles. The summed E-state index contributed by atoms with van der Waals surface area (Å²) in [7, 11) is 0. The van der Waals surface area contributed by atoms with Crippen molar-refractivity contribution in [1.29, 1.82) is 0 Å². The molecule has 1 amide bonds. The lowest BCUT2D eigenvalue weighted by atomic mass is 9.96. The van der Waals surface area contributed by atoms with Crippen LogP contribution >= 0.6 is 34.8 Å². The molecule has 0 unspecified atom stereocenters. The summed E-state index contributed by atoms with van der Waals surface area (Å²) in [4.78, 5) is 14.0. The Kier molecular flexibility index (Phi) is 6.73. The number of amides is 1. The molecule has 0 saturated carbocycles. The second-order valence-electron chi connectivity index (χ2n) is 9.66. The van der Waals surface area contributed by atoms with E-state index < -0.39 is 0 Å². The molecule has 0 bridgehead atoms. The van der Waals surface area contributed by atoms with Gasteiger partial charge in [0.15, 0.2) is 0 Å². The van der Waals surface area contributed by atoms with Crippen molar-refractivity contribution in [3.63, 3.8) is 0 Å². The first-order valence-electron chi connectivity index (χ1n) is 12.8. The summed E-state index contributed by atoms with van der Waals surface area (Å²) >= 11 is 18.7. The summed E-state index contributed by atoms with van der Waals surface area (Å²) in [5, 5.41) is 4.75. The third-order valence-electron chi connectivity index (χ3n) is 7.32. The fraction of sp³-hybridized carbons (Fsp3) is 0.194. The maximum Gasteiger partial charge on any atom is 0.273 e. The van der Waals surface area contributed by atoms with Crippen LogP contribution in [0.5, 0.6) is 0 Å². The average Bonchev–Trinajstić information content (AvgIpc) is 3.34. The number of nitrogens with zero attached hydrogens (tertiary/aromatic N) is 2. The highest BCUT2D eigenvalue weighted by Crippen LogP contribution is 2.40. The number of benzene rings is 3. The molecule has 3 aromatic carbocycles. The Balaban J connectivity index is 1.59. The van der Waals surface area contributed by atoms with Crippen molar-refractivity contribution >= 4 is 52.0 Å². The molecular weight excluding hydrogens is 537 g/mol. The van der Waals surface area contributed by atoms with Crippen LogP contribution in [0.15, 0.2) is 72.9 Å². The summed E-state index contributed by atoms with van der Waals surface area (Å²) in [5.41, 5.74) is 8.84. The van der Waals surface area contributed by atoms with E-state index >= 15 is 0 Å². The van der Waals surface area contributed by atoms with Gasteiger partial charge >= 0.3 is 0 Å². The average molecular weight is 563 g/mol. The van der Waals surface area contributed by atoms with E-state index in [2.05, 4.69) is 51.7 Å². The molecule has 4 nitrogen and oxygen atoms in total. The molecule has 0 fully saturated rings. The summed E-state index contributed by atoms with van der Waals surface area (Å²) in [6.45, 7) is 3.00. The Labute approximate surface area is 236 Å². The van der Waals surface area contributed by atoms with Gasteiger partial charge in [-0.3, -0.25) is 9.20 Å². The van der Waals surface area contributed by atoms with Crippen molar-refractivity contribution in [2.24, 2.45) is 0 Å². The summed E-state index contributed by atoms with van der Waals surface area (Å²) < 4.78 is 4.39. The van der Waals surface area contributed by atoms with E-state index in [0.717, 1.165) is 60.3 Å². The lowest BCUT2D eigenvalue weighted by Crippen LogP contribution is -2.15. The van der Waals surface area contributed by atoms with Crippen LogP contribution in [-0.2, 0) is 19.4 Å². The number of nitrogens with one attached hydrogen (secondary N) is 1. The Hall–Kier alpha value is -3.18. The molecule has 7 heteroatoms. The van der Waals surface area contributed by atoms with Gasteiger partial charge in [-0.2, -0.15) is 0 Å². The lowest BCUT2D eigenvalue weighted by Gasteiger charge is -2.11. The van der Waals surface area contributed by atoms with E-state index in [-0.39, 0.29) is 5.91 Å². The highest BCUT2D eigenvalue weighted by molar-refractivity contribution is 6.42. The third-order valence-corrected chi connectivity index (χ3v) is 8.31. The van der Waals surface area contributed by atoms with E-state index in [1.807, 2.05) is 30.3 Å². The molecule has 0 radical (unpaired) electrons. The topological polar surface area (TPSA) is 38.4 Å². The van der Waals surface area contributed by atoms with Gasteiger partial charge in [0.05, 0.1) is 15.7 Å². The molecule has 6 rings (SSSR count). The quantitative estimate of drug-likeness (QED) is 0.228. The number of rotatable bonds is 5. The van der Waals surface area contributed by atoms with Gasteiger partial charge in [0.1, 0.15) is 11.3 Å². The van der Waals surface area contributed by atoms with Gasteiger partial charge in [0, 0.05) is 40.1 Å². The van der Waals surface area contributed by atoms with Gasteiger partial charge in [0.25, 0.3) is 5.91 Å². The largest absolute Gasteiger partial charge is 0.325 e. The van der Waals surface area contributed by atoms with Crippen molar-refractivity contribution in [2.45, 2.75) is 39.2 Å². The first-order valence-corrected chi connectivity index (χ1v) is 14.0. The normalized spacial score (nSPS) is 13.1. The van der Waals surface area contributed by atoms with E-state index in [0.29, 0.717) is 26.4 Å². The van der Waals surface area contributed by atoms with Gasteiger partial charge in [-0.1, -0.05) is 72.1 Å². The molecule has 38 heavy (non-hydrogen) atoms. The Morgan fingerprint density at radius 3 is 2.34 bits per heavy atom. The summed E-state index contributed by atoms with van der Waals surface area (Å²) in [6, 6.07) is 21.5. The van der Waals surface area contributed by atoms with Crippen molar-refractivity contribution < 1.29 is 4.79 Å². The zero-order valence-corrected chi connectivity index (χ0v) is 23.2. The maximum absolute atomic E-state index is 14.0. The van der Waals surface area contributed by atoms with Crippen molar-refractivity contribution in [3.05, 3.63) is 105 Å². The molecule has 1 aliphatic rings. The molecule has 1 aliphatic heterocycles. The smallest absolute Gasteiger partial charge is 0.273 e. The lowest BCUT2D eigenvalue weighted by molar-refractivity contribution is 0.102. The van der Waals surface area contributed by atoms with Crippen LogP contribution in [0.4, 0.5) is 5.69 Å². The van der Waals surface area contributed by atoms with Crippen molar-refractivity contribution in [2.75, 3.05) is 5.32 Å². The van der Waals surface area contributed by atoms with Gasteiger partial charge in [-0.25, -0.2) is 0 Å². The van der Waals surface area contributed by atoms with Crippen LogP contribution in [0.25, 0.3) is 28.0 Å². The number of aromatic nitrogens is 2. The Morgan fingerprint density at radius 2 is 1.63 bits per heavy atom. The highest BCUT2D eigenvalue weighted by atomic mass is 35.5. The van der Waals surface area contributed by atoms with Crippen LogP contribution in [0, 0.1) is 0 Å². The SMILES string of the molecule is CCc1ccc(-c2c3c4n(c(-c5ccc(Cl)c(Cl)c5)cn4c2C(=O)Nc2ccc(Cl)cc2)CCCC3)cc1. The number of hydrogen-bond acceptors (Lipinski definition) is 1. The molecule has 2 aromatic heterocycles. The number of anilines is 1. The fourth-order valence-corrected chi connectivity index (χ4v) is 5.86. The van der Waals surface area contributed by atoms with E-state index in [1.54, 1.807) is 12.1 Å². The molecule has 5 aromatic rings. The predicted octanol–water partition coefficient (Wildman–Crippen LogP) is 9.19. The van der Waals surface area contributed by atoms with Crippen LogP contribution in [0.2, 0.25) is 15.1 Å². The van der Waals surface area contributed by atoms with E-state index in [4.69, 9.17) is 34.8 Å². The van der Waals surface area contributed by atoms with Gasteiger partial charge in [-0.05, 0) is 73.2 Å². The standard InChI is InChI=1S/C31H26Cl3N3O/c1-2-19-6-8-20(9-7-19)28-24-5-3-4-16-36-27(21-10-15-25(33)26(34)17-21)18-37(31(24)36)29(28)30(38)35-23-13-11-22(32)12-14-23/h6-15,17-18H,2-5,16H2,1H3,(H,35,38). The number of aryl methyl sites for hydroxylation is 3. The third kappa shape index (κ3) is 4.41. The summed E-state index contributed by atoms with van der Waals surface area (Å²) in [6.07, 6.45) is 6.01. The van der Waals surface area contributed by atoms with Crippen LogP contribution < -0.4 is 5.32 Å². The number of carbonyl (C=O) groups excluding carboxylic acids is 1. The second kappa shape index (κ2) is 10.2. The first kappa shape index (κ1) is 25.1. The van der Waals surface area contributed by atoms with Crippen LogP contribution in [0.3, 0.4) is 0 Å². The zero-order valence-electron chi connectivity index (χ0n) is 20.9. The van der Waals surface area contributed by atoms with E-state index in [9.17, 15) is 4.79 Å². The molecule has 0 spiro atoms. The van der Waals surface area contributed by atoms with E-state index in [1.165, 1.54) is 11.1 Å². The number of halogens is 3. The van der Waals surface area contributed by atoms with Crippen molar-refractivity contribution in [1.82, 2.24) is 8.97 Å². The minimum absolute atomic E-state index is 0.165. The Morgan fingerprint density at radius 1 is 0.895 bits per heavy atom. The fourth-order valence-electron chi connectivity index (χ4n) is 5.44. The van der Waals surface area contributed by atoms with Gasteiger partial charge in [0.2, 0.25) is 0 Å². The molecule has 192 valence electrons. The Bertz CT molecular complexity index is 1660. The molecule has 0 saturated heterocycles. The molecule has 3 heterocycles. The number of hydrogen-bond donors (Lipinski definition) is 1. The molecular formula is C31H26Cl3N3O. The van der Waals surface area contributed by atoms with Gasteiger partial charge < -0.3 is 9.88 Å². The minimum atomic E-state index is -0.165. The first-order chi connectivity index (χ1) is 18.4. The zero-order chi connectivity index (χ0) is 26.4. The minimum Gasteiger partial charge on any atom is -0.325 e. The second-order valence-corrected chi connectivity index (χ2v) is 10.9.